The smallest absolute Gasteiger partial charge is 0.164 e. The van der Waals surface area contributed by atoms with Crippen molar-refractivity contribution in [3.05, 3.63) is 35.4 Å². The van der Waals surface area contributed by atoms with E-state index >= 15 is 0 Å². The van der Waals surface area contributed by atoms with Gasteiger partial charge < -0.3 is 5.73 Å². The molecule has 2 N–H and O–H groups in total. The van der Waals surface area contributed by atoms with E-state index in [1.54, 1.807) is 0 Å². The molecule has 1 aliphatic rings. The van der Waals surface area contributed by atoms with Gasteiger partial charge in [0.1, 0.15) is 0 Å². The molecule has 0 atom stereocenters. The first-order valence-electron chi connectivity index (χ1n) is 5.65. The van der Waals surface area contributed by atoms with Crippen molar-refractivity contribution >= 4 is 5.78 Å². The molecule has 2 heteroatoms. The maximum absolute atomic E-state index is 11.8. The molecule has 2 rings (SSSR count). The summed E-state index contributed by atoms with van der Waals surface area (Å²) in [7, 11) is 0. The largest absolute Gasteiger partial charge is 0.330 e. The van der Waals surface area contributed by atoms with Crippen molar-refractivity contribution in [2.45, 2.75) is 31.6 Å². The maximum Gasteiger partial charge on any atom is 0.164 e. The molecule has 1 saturated carbocycles. The zero-order valence-corrected chi connectivity index (χ0v) is 8.91. The van der Waals surface area contributed by atoms with Crippen LogP contribution in [0.1, 0.15) is 47.5 Å². The van der Waals surface area contributed by atoms with Crippen LogP contribution in [-0.4, -0.2) is 12.3 Å². The van der Waals surface area contributed by atoms with Crippen LogP contribution < -0.4 is 5.73 Å². The molecular formula is C13H17NO. The number of nitrogens with two attached hydrogens (primary N) is 1. The Morgan fingerprint density at radius 3 is 2.67 bits per heavy atom. The van der Waals surface area contributed by atoms with Crippen LogP contribution in [0.5, 0.6) is 0 Å². The minimum Gasteiger partial charge on any atom is -0.330 e. The Morgan fingerprint density at radius 1 is 1.33 bits per heavy atom. The SMILES string of the molecule is NCCC(=O)c1ccccc1C1CCC1. The molecule has 0 heterocycles. The molecule has 1 aromatic carbocycles. The second-order valence-corrected chi connectivity index (χ2v) is 4.18. The first kappa shape index (κ1) is 10.4. The zero-order valence-electron chi connectivity index (χ0n) is 8.91. The van der Waals surface area contributed by atoms with Crippen molar-refractivity contribution in [2.75, 3.05) is 6.54 Å². The van der Waals surface area contributed by atoms with Crippen LogP contribution in [0.3, 0.4) is 0 Å². The number of ketones is 1. The lowest BCUT2D eigenvalue weighted by atomic mass is 9.77. The van der Waals surface area contributed by atoms with Gasteiger partial charge in [-0.05, 0) is 30.9 Å². The van der Waals surface area contributed by atoms with E-state index in [4.69, 9.17) is 5.73 Å². The van der Waals surface area contributed by atoms with E-state index in [-0.39, 0.29) is 5.78 Å². The van der Waals surface area contributed by atoms with E-state index in [9.17, 15) is 4.79 Å². The van der Waals surface area contributed by atoms with E-state index in [0.29, 0.717) is 18.9 Å². The molecule has 0 radical (unpaired) electrons. The summed E-state index contributed by atoms with van der Waals surface area (Å²) < 4.78 is 0. The molecule has 0 spiro atoms. The van der Waals surface area contributed by atoms with Gasteiger partial charge in [0, 0.05) is 12.0 Å². The van der Waals surface area contributed by atoms with Gasteiger partial charge in [-0.2, -0.15) is 0 Å². The van der Waals surface area contributed by atoms with Gasteiger partial charge >= 0.3 is 0 Å². The van der Waals surface area contributed by atoms with E-state index in [1.165, 1.54) is 24.8 Å². The lowest BCUT2D eigenvalue weighted by Gasteiger charge is -2.27. The molecule has 0 amide bonds. The van der Waals surface area contributed by atoms with Gasteiger partial charge in [0.15, 0.2) is 5.78 Å². The van der Waals surface area contributed by atoms with Crippen LogP contribution in [0.2, 0.25) is 0 Å². The Labute approximate surface area is 90.5 Å². The number of hydrogen-bond donors (Lipinski definition) is 1. The molecule has 2 nitrogen and oxygen atoms in total. The number of hydrogen-bond acceptors (Lipinski definition) is 2. The van der Waals surface area contributed by atoms with Gasteiger partial charge in [0.05, 0.1) is 0 Å². The summed E-state index contributed by atoms with van der Waals surface area (Å²) in [6.07, 6.45) is 4.22. The number of carbonyl (C=O) groups is 1. The van der Waals surface area contributed by atoms with Crippen molar-refractivity contribution in [3.8, 4) is 0 Å². The summed E-state index contributed by atoms with van der Waals surface area (Å²) >= 11 is 0. The van der Waals surface area contributed by atoms with Crippen molar-refractivity contribution in [2.24, 2.45) is 5.73 Å². The average Bonchev–Trinajstić information content (AvgIpc) is 2.16. The fourth-order valence-corrected chi connectivity index (χ4v) is 2.09. The number of benzene rings is 1. The monoisotopic (exact) mass is 203 g/mol. The number of carbonyl (C=O) groups excluding carboxylic acids is 1. The van der Waals surface area contributed by atoms with Crippen molar-refractivity contribution < 1.29 is 4.79 Å². The van der Waals surface area contributed by atoms with Crippen LogP contribution in [0.4, 0.5) is 0 Å². The summed E-state index contributed by atoms with van der Waals surface area (Å²) in [5.41, 5.74) is 7.55. The van der Waals surface area contributed by atoms with Crippen molar-refractivity contribution in [3.63, 3.8) is 0 Å². The van der Waals surface area contributed by atoms with Crippen LogP contribution in [0.25, 0.3) is 0 Å². The number of rotatable bonds is 4. The van der Waals surface area contributed by atoms with Crippen LogP contribution in [0, 0.1) is 0 Å². The second kappa shape index (κ2) is 4.58. The van der Waals surface area contributed by atoms with Gasteiger partial charge in [-0.3, -0.25) is 4.79 Å². The minimum atomic E-state index is 0.194. The van der Waals surface area contributed by atoms with Crippen LogP contribution >= 0.6 is 0 Å². The first-order valence-corrected chi connectivity index (χ1v) is 5.65. The van der Waals surface area contributed by atoms with Gasteiger partial charge in [-0.15, -0.1) is 0 Å². The maximum atomic E-state index is 11.8. The molecule has 0 bridgehead atoms. The highest BCUT2D eigenvalue weighted by Gasteiger charge is 2.23. The third kappa shape index (κ3) is 2.10. The third-order valence-corrected chi connectivity index (χ3v) is 3.18. The second-order valence-electron chi connectivity index (χ2n) is 4.18. The lowest BCUT2D eigenvalue weighted by Crippen LogP contribution is -2.15. The summed E-state index contributed by atoms with van der Waals surface area (Å²) in [4.78, 5) is 11.8. The van der Waals surface area contributed by atoms with Crippen molar-refractivity contribution in [1.82, 2.24) is 0 Å². The van der Waals surface area contributed by atoms with Gasteiger partial charge in [-0.25, -0.2) is 0 Å². The average molecular weight is 203 g/mol. The Balaban J connectivity index is 2.24. The molecule has 0 saturated heterocycles. The Kier molecular flexibility index (Phi) is 3.17. The highest BCUT2D eigenvalue weighted by Crippen LogP contribution is 2.38. The Morgan fingerprint density at radius 2 is 2.07 bits per heavy atom. The summed E-state index contributed by atoms with van der Waals surface area (Å²) in [6.45, 7) is 0.442. The molecule has 1 aliphatic carbocycles. The normalized spacial score (nSPS) is 16.1. The van der Waals surface area contributed by atoms with Gasteiger partial charge in [0.2, 0.25) is 0 Å². The zero-order chi connectivity index (χ0) is 10.7. The summed E-state index contributed by atoms with van der Waals surface area (Å²) in [5, 5.41) is 0. The predicted molar refractivity (Wildman–Crippen MR) is 61.0 cm³/mol. The summed E-state index contributed by atoms with van der Waals surface area (Å²) in [5.74, 6) is 0.808. The molecule has 0 aliphatic heterocycles. The molecule has 0 aromatic heterocycles. The van der Waals surface area contributed by atoms with Crippen molar-refractivity contribution in [1.29, 1.82) is 0 Å². The quantitative estimate of drug-likeness (QED) is 0.764. The predicted octanol–water partition coefficient (Wildman–Crippen LogP) is 2.49. The third-order valence-electron chi connectivity index (χ3n) is 3.18. The molecule has 1 fully saturated rings. The molecule has 1 aromatic rings. The standard InChI is InChI=1S/C13H17NO/c14-9-8-13(15)12-7-2-1-6-11(12)10-4-3-5-10/h1-2,6-7,10H,3-5,8-9,14H2. The topological polar surface area (TPSA) is 43.1 Å². The lowest BCUT2D eigenvalue weighted by molar-refractivity contribution is 0.0983. The van der Waals surface area contributed by atoms with Gasteiger partial charge in [0.25, 0.3) is 0 Å². The summed E-state index contributed by atoms with van der Waals surface area (Å²) in [6, 6.07) is 7.98. The highest BCUT2D eigenvalue weighted by atomic mass is 16.1. The minimum absolute atomic E-state index is 0.194. The highest BCUT2D eigenvalue weighted by molar-refractivity contribution is 5.97. The molecule has 15 heavy (non-hydrogen) atoms. The number of Topliss-reactive ketones (excluding diaryl/α,β-unsaturated/α-hetero) is 1. The van der Waals surface area contributed by atoms with Crippen LogP contribution in [-0.2, 0) is 0 Å². The first-order chi connectivity index (χ1) is 7.33. The van der Waals surface area contributed by atoms with E-state index < -0.39 is 0 Å². The van der Waals surface area contributed by atoms with E-state index in [0.717, 1.165) is 5.56 Å². The van der Waals surface area contributed by atoms with Gasteiger partial charge in [-0.1, -0.05) is 30.7 Å². The van der Waals surface area contributed by atoms with E-state index in [2.05, 4.69) is 6.07 Å². The van der Waals surface area contributed by atoms with E-state index in [1.807, 2.05) is 18.2 Å². The Bertz CT molecular complexity index is 355. The fraction of sp³-hybridized carbons (Fsp3) is 0.462. The molecule has 80 valence electrons. The molecule has 0 unspecified atom stereocenters. The fourth-order valence-electron chi connectivity index (χ4n) is 2.09. The molecular weight excluding hydrogens is 186 g/mol. The van der Waals surface area contributed by atoms with Crippen LogP contribution in [0.15, 0.2) is 24.3 Å². The Hall–Kier alpha value is -1.15.